The van der Waals surface area contributed by atoms with Gasteiger partial charge in [-0.2, -0.15) is 0 Å². The summed E-state index contributed by atoms with van der Waals surface area (Å²) in [6.07, 6.45) is -5.94. The van der Waals surface area contributed by atoms with Crippen LogP contribution in [0.1, 0.15) is 101 Å². The summed E-state index contributed by atoms with van der Waals surface area (Å²) in [5.41, 5.74) is -4.15. The molecule has 4 fully saturated rings. The number of aliphatic hydroxyl groups is 3. The van der Waals surface area contributed by atoms with Crippen LogP contribution in [-0.2, 0) is 47.5 Å². The Hall–Kier alpha value is -1.64. The van der Waals surface area contributed by atoms with E-state index in [0.717, 1.165) is 18.0 Å². The minimum absolute atomic E-state index is 0.0499. The van der Waals surface area contributed by atoms with E-state index < -0.39 is 95.8 Å². The fourth-order valence-electron chi connectivity index (χ4n) is 9.28. The average Bonchev–Trinajstić information content (AvgIpc) is 3.51. The largest absolute Gasteiger partial charge is 0.459 e. The van der Waals surface area contributed by atoms with Crippen LogP contribution < -0.4 is 5.32 Å². The van der Waals surface area contributed by atoms with E-state index in [1.807, 2.05) is 27.8 Å². The summed E-state index contributed by atoms with van der Waals surface area (Å²) < 4.78 is 50.5. The van der Waals surface area contributed by atoms with Crippen molar-refractivity contribution in [3.63, 3.8) is 0 Å². The van der Waals surface area contributed by atoms with Crippen LogP contribution in [0.4, 0.5) is 0 Å². The summed E-state index contributed by atoms with van der Waals surface area (Å²) in [6.45, 7) is 18.8. The van der Waals surface area contributed by atoms with E-state index in [0.29, 0.717) is 13.2 Å². The maximum atomic E-state index is 14.4. The number of thioether (sulfide) groups is 1. The first-order valence-electron chi connectivity index (χ1n) is 21.3. The van der Waals surface area contributed by atoms with Gasteiger partial charge >= 0.3 is 5.97 Å². The lowest BCUT2D eigenvalue weighted by Crippen LogP contribution is -2.60. The van der Waals surface area contributed by atoms with Gasteiger partial charge in [-0.3, -0.25) is 14.6 Å². The lowest BCUT2D eigenvalue weighted by Gasteiger charge is -2.49. The summed E-state index contributed by atoms with van der Waals surface area (Å²) in [7, 11) is 6.81. The van der Waals surface area contributed by atoms with Gasteiger partial charge in [-0.15, -0.1) is 0 Å². The number of hydrogen-bond donors (Lipinski definition) is 4. The SMILES string of the molecule is CC[C@H]1OC(=O)[C@H](C)[C@@H](O[C@H]2C[C@@](C)(OC)[C@@H](O)[C@H](C)O2)[C@H](C)[C@@H](O[C@@H]2O[C@H](C)C[C@H]3[C@@H]2SC(=NCCCOC)N3C)[C@](C)(OC)C[C@@H](C)C(=O)N[C@H](C)[C@@H](O)[C@]1(C)O. The number of carbonyl (C=O) groups is 2. The monoisotopic (exact) mass is 862 g/mol. The van der Waals surface area contributed by atoms with Crippen LogP contribution in [0.3, 0.4) is 0 Å². The van der Waals surface area contributed by atoms with Crippen LogP contribution in [0.15, 0.2) is 4.99 Å². The Morgan fingerprint density at radius 2 is 1.61 bits per heavy atom. The average molecular weight is 862 g/mol. The quantitative estimate of drug-likeness (QED) is 0.175. The van der Waals surface area contributed by atoms with Crippen LogP contribution in [0, 0.1) is 17.8 Å². The highest BCUT2D eigenvalue weighted by molar-refractivity contribution is 8.14. The Morgan fingerprint density at radius 1 is 0.949 bits per heavy atom. The van der Waals surface area contributed by atoms with E-state index in [1.54, 1.807) is 67.5 Å². The van der Waals surface area contributed by atoms with E-state index in [1.165, 1.54) is 14.0 Å². The second-order valence-electron chi connectivity index (χ2n) is 18.0. The van der Waals surface area contributed by atoms with Crippen LogP contribution in [0.25, 0.3) is 0 Å². The zero-order valence-corrected chi connectivity index (χ0v) is 38.7. The number of ether oxygens (including phenoxy) is 8. The number of nitrogens with zero attached hydrogens (tertiary/aromatic N) is 2. The van der Waals surface area contributed by atoms with E-state index in [-0.39, 0.29) is 42.6 Å². The predicted octanol–water partition coefficient (Wildman–Crippen LogP) is 3.26. The number of methoxy groups -OCH3 is 3. The van der Waals surface area contributed by atoms with Crippen molar-refractivity contribution in [2.45, 2.75) is 191 Å². The smallest absolute Gasteiger partial charge is 0.311 e. The molecule has 4 saturated heterocycles. The molecule has 4 aliphatic heterocycles. The first-order valence-corrected chi connectivity index (χ1v) is 22.2. The highest BCUT2D eigenvalue weighted by Crippen LogP contribution is 2.45. The van der Waals surface area contributed by atoms with Gasteiger partial charge in [0.15, 0.2) is 17.7 Å². The number of esters is 1. The molecule has 59 heavy (non-hydrogen) atoms. The Morgan fingerprint density at radius 3 is 2.22 bits per heavy atom. The fourth-order valence-corrected chi connectivity index (χ4v) is 10.7. The highest BCUT2D eigenvalue weighted by Gasteiger charge is 2.55. The number of rotatable bonds is 11. The molecule has 17 heteroatoms. The summed E-state index contributed by atoms with van der Waals surface area (Å²) in [6, 6.07) is -0.855. The lowest BCUT2D eigenvalue weighted by atomic mass is 9.77. The highest BCUT2D eigenvalue weighted by atomic mass is 32.2. The molecular formula is C42H75N3O13S. The zero-order valence-electron chi connectivity index (χ0n) is 37.8. The number of amides is 1. The minimum Gasteiger partial charge on any atom is -0.459 e. The number of cyclic esters (lactones) is 1. The van der Waals surface area contributed by atoms with Gasteiger partial charge in [-0.05, 0) is 74.1 Å². The van der Waals surface area contributed by atoms with Crippen LogP contribution >= 0.6 is 11.8 Å². The number of hydrogen-bond acceptors (Lipinski definition) is 15. The molecule has 342 valence electrons. The number of aliphatic imine (C=N–C) groups is 1. The van der Waals surface area contributed by atoms with Crippen molar-refractivity contribution in [3.8, 4) is 0 Å². The standard InChI is InChI=1S/C42H75N3O13S/c1-15-29-42(10,50)33(46)26(6)44-36(48)22(2)20-41(9,53-14)35(58-38-32-28(19-23(3)54-38)45(11)39(59-32)43-17-16-18-51-12)24(4)31(25(5)37(49)56-29)57-30-21-40(8,52-13)34(47)27(7)55-30/h22-35,38,46-47,50H,15-21H2,1-14H3,(H,44,48)/t22-,23-,24+,25-,26-,27+,28+,29-,30+,31+,32+,33-,34+,35-,38+,40-,41-,42-/m1/s1. The van der Waals surface area contributed by atoms with Gasteiger partial charge in [0.25, 0.3) is 0 Å². The van der Waals surface area contributed by atoms with Crippen molar-refractivity contribution < 1.29 is 62.8 Å². The van der Waals surface area contributed by atoms with Gasteiger partial charge in [0.05, 0.1) is 58.9 Å². The number of fused-ring (bicyclic) bond motifs is 1. The van der Waals surface area contributed by atoms with Crippen LogP contribution in [0.5, 0.6) is 0 Å². The number of amidine groups is 1. The van der Waals surface area contributed by atoms with Crippen molar-refractivity contribution in [1.29, 1.82) is 0 Å². The molecule has 0 saturated carbocycles. The van der Waals surface area contributed by atoms with E-state index in [9.17, 15) is 24.9 Å². The van der Waals surface area contributed by atoms with Crippen molar-refractivity contribution >= 4 is 28.8 Å². The fraction of sp³-hybridized carbons (Fsp3) is 0.929. The van der Waals surface area contributed by atoms with Gasteiger partial charge in [-0.25, -0.2) is 0 Å². The number of aliphatic hydroxyl groups excluding tert-OH is 2. The molecule has 0 aliphatic carbocycles. The van der Waals surface area contributed by atoms with Gasteiger partial charge < -0.3 is 63.4 Å². The second kappa shape index (κ2) is 20.7. The molecule has 1 amide bonds. The zero-order chi connectivity index (χ0) is 44.2. The maximum Gasteiger partial charge on any atom is 0.311 e. The molecule has 0 spiro atoms. The van der Waals surface area contributed by atoms with E-state index >= 15 is 0 Å². The van der Waals surface area contributed by atoms with Gasteiger partial charge in [-0.1, -0.05) is 32.5 Å². The molecule has 4 rings (SSSR count). The summed E-state index contributed by atoms with van der Waals surface area (Å²) in [5, 5.41) is 37.8. The molecule has 0 radical (unpaired) electrons. The summed E-state index contributed by atoms with van der Waals surface area (Å²) in [5.74, 6) is -3.37. The maximum absolute atomic E-state index is 14.4. The van der Waals surface area contributed by atoms with Crippen LogP contribution in [-0.4, -0.2) is 168 Å². The van der Waals surface area contributed by atoms with E-state index in [2.05, 4.69) is 10.2 Å². The first kappa shape index (κ1) is 50.0. The first-order chi connectivity index (χ1) is 27.6. The third-order valence-corrected chi connectivity index (χ3v) is 14.7. The Labute approximate surface area is 356 Å². The van der Waals surface area contributed by atoms with Crippen molar-refractivity contribution in [3.05, 3.63) is 0 Å². The minimum atomic E-state index is -1.93. The third-order valence-electron chi connectivity index (χ3n) is 13.3. The topological polar surface area (TPSA) is 196 Å². The van der Waals surface area contributed by atoms with Crippen molar-refractivity contribution in [2.75, 3.05) is 41.5 Å². The molecule has 4 heterocycles. The van der Waals surface area contributed by atoms with Gasteiger partial charge in [0, 0.05) is 59.8 Å². The summed E-state index contributed by atoms with van der Waals surface area (Å²) in [4.78, 5) is 35.4. The number of carbonyl (C=O) groups excluding carboxylic acids is 2. The summed E-state index contributed by atoms with van der Waals surface area (Å²) >= 11 is 1.61. The molecule has 18 atom stereocenters. The normalized spacial score (nSPS) is 46.3. The molecule has 0 aromatic carbocycles. The Bertz CT molecular complexity index is 1430. The molecule has 0 unspecified atom stereocenters. The molecule has 0 bridgehead atoms. The predicted molar refractivity (Wildman–Crippen MR) is 223 cm³/mol. The molecule has 16 nitrogen and oxygen atoms in total. The molecule has 0 aromatic heterocycles. The van der Waals surface area contributed by atoms with Crippen molar-refractivity contribution in [2.24, 2.45) is 22.7 Å². The second-order valence-corrected chi connectivity index (χ2v) is 19.1. The van der Waals surface area contributed by atoms with Crippen molar-refractivity contribution in [1.82, 2.24) is 10.2 Å². The Kier molecular flexibility index (Phi) is 17.5. The molecule has 0 aromatic rings. The van der Waals surface area contributed by atoms with E-state index in [4.69, 9.17) is 42.9 Å². The molecule has 4 aliphatic rings. The van der Waals surface area contributed by atoms with Crippen LogP contribution in [0.2, 0.25) is 0 Å². The van der Waals surface area contributed by atoms with Gasteiger partial charge in [0.1, 0.15) is 23.9 Å². The third kappa shape index (κ3) is 11.1. The van der Waals surface area contributed by atoms with Gasteiger partial charge in [0.2, 0.25) is 5.91 Å². The number of nitrogens with one attached hydrogen (secondary N) is 1. The lowest BCUT2D eigenvalue weighted by molar-refractivity contribution is -0.308. The molecule has 4 N–H and O–H groups in total. The Balaban J connectivity index is 1.84. The molecular weight excluding hydrogens is 787 g/mol.